The summed E-state index contributed by atoms with van der Waals surface area (Å²) in [6.45, 7) is 4.03. The Morgan fingerprint density at radius 2 is 0.870 bits per heavy atom. The number of allylic oxidation sites excluding steroid dienone is 10. The Labute approximate surface area is 283 Å². The zero-order valence-corrected chi connectivity index (χ0v) is 29.8. The zero-order chi connectivity index (χ0) is 33.6. The Kier molecular flexibility index (Phi) is 35.1. The molecule has 0 amide bonds. The van der Waals surface area contributed by atoms with Crippen LogP contribution in [-0.4, -0.2) is 36.4 Å². The molecule has 0 aliphatic heterocycles. The molecule has 0 fully saturated rings. The molecule has 0 aliphatic rings. The predicted molar refractivity (Wildman–Crippen MR) is 196 cm³/mol. The molecule has 0 saturated heterocycles. The maximum absolute atomic E-state index is 12.1. The number of esters is 2. The van der Waals surface area contributed by atoms with Crippen molar-refractivity contribution in [1.29, 1.82) is 0 Å². The predicted octanol–water partition coefficient (Wildman–Crippen LogP) is 11.6. The molecule has 5 heteroatoms. The van der Waals surface area contributed by atoms with Crippen molar-refractivity contribution in [3.63, 3.8) is 0 Å². The molecule has 0 radical (unpaired) electrons. The number of ether oxygens (including phenoxy) is 2. The number of hydrogen-bond donors (Lipinski definition) is 1. The SMILES string of the molecule is CCCCC/C=C\C/C=C\C/C=C\CCCCC(=O)O[C@@H](CO)COC(=O)CCCCCCCCC/C=C\C/C=C\CCCCC. The molecule has 0 aromatic heterocycles. The lowest BCUT2D eigenvalue weighted by Gasteiger charge is -2.15. The second kappa shape index (κ2) is 37.1. The summed E-state index contributed by atoms with van der Waals surface area (Å²) in [5, 5.41) is 9.53. The summed E-state index contributed by atoms with van der Waals surface area (Å²) in [5.74, 6) is -0.649. The van der Waals surface area contributed by atoms with E-state index in [4.69, 9.17) is 9.47 Å². The third-order valence-corrected chi connectivity index (χ3v) is 7.78. The first kappa shape index (κ1) is 43.6. The van der Waals surface area contributed by atoms with Crippen molar-refractivity contribution in [2.75, 3.05) is 13.2 Å². The summed E-state index contributed by atoms with van der Waals surface area (Å²) in [5.41, 5.74) is 0. The van der Waals surface area contributed by atoms with Crippen LogP contribution >= 0.6 is 0 Å². The van der Waals surface area contributed by atoms with E-state index < -0.39 is 6.10 Å². The quantitative estimate of drug-likeness (QED) is 0.0438. The number of hydrogen-bond acceptors (Lipinski definition) is 5. The molecule has 46 heavy (non-hydrogen) atoms. The normalized spacial score (nSPS) is 12.8. The minimum atomic E-state index is -0.795. The first-order chi connectivity index (χ1) is 22.6. The maximum Gasteiger partial charge on any atom is 0.306 e. The van der Waals surface area contributed by atoms with Gasteiger partial charge in [-0.2, -0.15) is 0 Å². The summed E-state index contributed by atoms with van der Waals surface area (Å²) in [4.78, 5) is 24.2. The zero-order valence-electron chi connectivity index (χ0n) is 29.8. The Balaban J connectivity index is 3.66. The van der Waals surface area contributed by atoms with E-state index in [0.717, 1.165) is 64.2 Å². The second-order valence-electron chi connectivity index (χ2n) is 12.3. The third-order valence-electron chi connectivity index (χ3n) is 7.78. The molecule has 0 unspecified atom stereocenters. The topological polar surface area (TPSA) is 72.8 Å². The van der Waals surface area contributed by atoms with Gasteiger partial charge >= 0.3 is 11.9 Å². The lowest BCUT2D eigenvalue weighted by Crippen LogP contribution is -2.28. The monoisotopic (exact) mass is 643 g/mol. The molecule has 0 rings (SSSR count). The molecule has 0 heterocycles. The average molecular weight is 643 g/mol. The molecule has 0 bridgehead atoms. The number of carbonyl (C=O) groups is 2. The van der Waals surface area contributed by atoms with Crippen molar-refractivity contribution in [3.8, 4) is 0 Å². The van der Waals surface area contributed by atoms with E-state index in [0.29, 0.717) is 12.8 Å². The maximum atomic E-state index is 12.1. The highest BCUT2D eigenvalue weighted by atomic mass is 16.6. The summed E-state index contributed by atoms with van der Waals surface area (Å²) in [7, 11) is 0. The van der Waals surface area contributed by atoms with Crippen LogP contribution in [0.1, 0.15) is 168 Å². The van der Waals surface area contributed by atoms with E-state index in [-0.39, 0.29) is 25.2 Å². The molecule has 5 nitrogen and oxygen atoms in total. The van der Waals surface area contributed by atoms with Crippen LogP contribution in [0.3, 0.4) is 0 Å². The molecule has 1 atom stereocenters. The fourth-order valence-electron chi connectivity index (χ4n) is 4.88. The van der Waals surface area contributed by atoms with Crippen LogP contribution in [-0.2, 0) is 19.1 Å². The average Bonchev–Trinajstić information content (AvgIpc) is 3.06. The van der Waals surface area contributed by atoms with Crippen LogP contribution in [0.15, 0.2) is 60.8 Å². The highest BCUT2D eigenvalue weighted by Gasteiger charge is 2.16. The van der Waals surface area contributed by atoms with E-state index >= 15 is 0 Å². The summed E-state index contributed by atoms with van der Waals surface area (Å²) in [6, 6.07) is 0. The van der Waals surface area contributed by atoms with Crippen LogP contribution in [0.2, 0.25) is 0 Å². The van der Waals surface area contributed by atoms with Crippen molar-refractivity contribution in [3.05, 3.63) is 60.8 Å². The minimum absolute atomic E-state index is 0.0876. The molecule has 0 aliphatic carbocycles. The van der Waals surface area contributed by atoms with Crippen molar-refractivity contribution in [2.45, 2.75) is 174 Å². The van der Waals surface area contributed by atoms with Gasteiger partial charge in [0, 0.05) is 12.8 Å². The van der Waals surface area contributed by atoms with E-state index in [1.165, 1.54) is 77.0 Å². The molecule has 0 spiro atoms. The lowest BCUT2D eigenvalue weighted by atomic mass is 10.1. The summed E-state index contributed by atoms with van der Waals surface area (Å²) in [6.07, 6.45) is 47.0. The van der Waals surface area contributed by atoms with Gasteiger partial charge in [0.25, 0.3) is 0 Å². The van der Waals surface area contributed by atoms with E-state index in [9.17, 15) is 14.7 Å². The third kappa shape index (κ3) is 34.5. The molecule has 0 aromatic carbocycles. The molecular formula is C41H70O5. The van der Waals surface area contributed by atoms with Crippen LogP contribution < -0.4 is 0 Å². The number of aliphatic hydroxyl groups is 1. The fourth-order valence-corrected chi connectivity index (χ4v) is 4.88. The van der Waals surface area contributed by atoms with Crippen molar-refractivity contribution in [1.82, 2.24) is 0 Å². The van der Waals surface area contributed by atoms with Gasteiger partial charge in [-0.3, -0.25) is 9.59 Å². The van der Waals surface area contributed by atoms with Gasteiger partial charge in [0.15, 0.2) is 6.10 Å². The van der Waals surface area contributed by atoms with Crippen molar-refractivity contribution < 1.29 is 24.2 Å². The Bertz CT molecular complexity index is 823. The number of rotatable bonds is 33. The first-order valence-corrected chi connectivity index (χ1v) is 18.8. The van der Waals surface area contributed by atoms with Crippen LogP contribution in [0, 0.1) is 0 Å². The van der Waals surface area contributed by atoms with Crippen molar-refractivity contribution >= 4 is 11.9 Å². The van der Waals surface area contributed by atoms with Gasteiger partial charge in [-0.25, -0.2) is 0 Å². The molecule has 0 aromatic rings. The van der Waals surface area contributed by atoms with Crippen LogP contribution in [0.4, 0.5) is 0 Å². The number of unbranched alkanes of at least 4 members (excludes halogenated alkanes) is 15. The standard InChI is InChI=1S/C41H70O5/c1-3-5-7-9-11-13-15-17-19-20-22-23-25-27-29-31-33-35-40(43)45-38-39(37-42)46-41(44)36-34-32-30-28-26-24-21-18-16-14-12-10-8-6-4-2/h11-14,17-19,21,26,28,39,42H,3-10,15-16,20,22-25,27,29-38H2,1-2H3/b13-11-,14-12-,19-17-,21-18-,28-26-/t39-/m0/s1. The van der Waals surface area contributed by atoms with Gasteiger partial charge in [0.2, 0.25) is 0 Å². The molecular weight excluding hydrogens is 572 g/mol. The van der Waals surface area contributed by atoms with Crippen LogP contribution in [0.5, 0.6) is 0 Å². The van der Waals surface area contributed by atoms with E-state index in [1.807, 2.05) is 0 Å². The van der Waals surface area contributed by atoms with Gasteiger partial charge in [-0.1, -0.05) is 132 Å². The summed E-state index contributed by atoms with van der Waals surface area (Å²) < 4.78 is 10.6. The minimum Gasteiger partial charge on any atom is -0.462 e. The second-order valence-corrected chi connectivity index (χ2v) is 12.3. The van der Waals surface area contributed by atoms with Gasteiger partial charge in [-0.05, 0) is 83.5 Å². The van der Waals surface area contributed by atoms with E-state index in [2.05, 4.69) is 74.6 Å². The Morgan fingerprint density at radius 3 is 1.35 bits per heavy atom. The number of aliphatic hydroxyl groups excluding tert-OH is 1. The first-order valence-electron chi connectivity index (χ1n) is 18.8. The lowest BCUT2D eigenvalue weighted by molar-refractivity contribution is -0.161. The smallest absolute Gasteiger partial charge is 0.306 e. The van der Waals surface area contributed by atoms with Gasteiger partial charge in [0.05, 0.1) is 6.61 Å². The fraction of sp³-hybridized carbons (Fsp3) is 0.707. The van der Waals surface area contributed by atoms with Gasteiger partial charge in [-0.15, -0.1) is 0 Å². The molecule has 0 saturated carbocycles. The van der Waals surface area contributed by atoms with Gasteiger partial charge in [0.1, 0.15) is 6.61 Å². The van der Waals surface area contributed by atoms with Gasteiger partial charge < -0.3 is 14.6 Å². The highest BCUT2D eigenvalue weighted by molar-refractivity contribution is 5.70. The molecule has 264 valence electrons. The van der Waals surface area contributed by atoms with E-state index in [1.54, 1.807) is 0 Å². The van der Waals surface area contributed by atoms with Crippen LogP contribution in [0.25, 0.3) is 0 Å². The molecule has 1 N–H and O–H groups in total. The highest BCUT2D eigenvalue weighted by Crippen LogP contribution is 2.11. The Hall–Kier alpha value is -2.40. The summed E-state index contributed by atoms with van der Waals surface area (Å²) >= 11 is 0. The van der Waals surface area contributed by atoms with Crippen molar-refractivity contribution in [2.24, 2.45) is 0 Å². The number of carbonyl (C=O) groups excluding carboxylic acids is 2. The Morgan fingerprint density at radius 1 is 0.500 bits per heavy atom. The largest absolute Gasteiger partial charge is 0.462 e.